The summed E-state index contributed by atoms with van der Waals surface area (Å²) < 4.78 is 3.63. The van der Waals surface area contributed by atoms with Crippen LogP contribution in [0.1, 0.15) is 30.9 Å². The summed E-state index contributed by atoms with van der Waals surface area (Å²) in [4.78, 5) is 18.3. The van der Waals surface area contributed by atoms with Crippen molar-refractivity contribution >= 4 is 5.91 Å². The summed E-state index contributed by atoms with van der Waals surface area (Å²) in [5.74, 6) is 0.212. The summed E-state index contributed by atoms with van der Waals surface area (Å²) in [6.45, 7) is 1.58. The van der Waals surface area contributed by atoms with E-state index in [1.54, 1.807) is 17.3 Å². The number of rotatable bonds is 4. The molecule has 0 aromatic carbocycles. The van der Waals surface area contributed by atoms with E-state index in [9.17, 15) is 4.79 Å². The molecule has 1 amide bonds. The van der Waals surface area contributed by atoms with Gasteiger partial charge in [0.05, 0.1) is 12.2 Å². The van der Waals surface area contributed by atoms with Crippen molar-refractivity contribution in [2.75, 3.05) is 13.1 Å². The number of hydrogen-bond donors (Lipinski definition) is 0. The van der Waals surface area contributed by atoms with Crippen molar-refractivity contribution in [2.24, 2.45) is 7.05 Å². The summed E-state index contributed by atoms with van der Waals surface area (Å²) in [5.41, 5.74) is 1.11. The molecule has 112 valence electrons. The fourth-order valence-corrected chi connectivity index (χ4v) is 2.81. The highest BCUT2D eigenvalue weighted by Gasteiger charge is 2.24. The van der Waals surface area contributed by atoms with Gasteiger partial charge < -0.3 is 4.90 Å². The van der Waals surface area contributed by atoms with Crippen LogP contribution < -0.4 is 0 Å². The fraction of sp³-hybridized carbons (Fsp3) is 0.571. The Balaban J connectivity index is 1.54. The number of hydrogen-bond acceptors (Lipinski definition) is 4. The van der Waals surface area contributed by atoms with Crippen LogP contribution in [-0.2, 0) is 18.3 Å². The molecule has 1 saturated heterocycles. The van der Waals surface area contributed by atoms with Crippen LogP contribution >= 0.6 is 0 Å². The molecule has 2 aromatic heterocycles. The van der Waals surface area contributed by atoms with Gasteiger partial charge in [-0.2, -0.15) is 10.2 Å². The molecule has 1 aliphatic heterocycles. The van der Waals surface area contributed by atoms with Crippen molar-refractivity contribution in [2.45, 2.75) is 31.7 Å². The van der Waals surface area contributed by atoms with Crippen molar-refractivity contribution in [3.63, 3.8) is 0 Å². The first-order chi connectivity index (χ1) is 10.2. The van der Waals surface area contributed by atoms with Gasteiger partial charge in [-0.05, 0) is 24.8 Å². The summed E-state index contributed by atoms with van der Waals surface area (Å²) in [5, 5.41) is 8.31. The highest BCUT2D eigenvalue weighted by atomic mass is 16.2. The molecule has 1 fully saturated rings. The first kappa shape index (κ1) is 13.8. The van der Waals surface area contributed by atoms with Gasteiger partial charge in [0.15, 0.2) is 0 Å². The molecule has 21 heavy (non-hydrogen) atoms. The minimum atomic E-state index is 0.212. The number of likely N-dealkylation sites (tertiary alicyclic amines) is 1. The maximum atomic E-state index is 12.3. The van der Waals surface area contributed by atoms with Gasteiger partial charge in [-0.15, -0.1) is 0 Å². The monoisotopic (exact) mass is 288 g/mol. The Hall–Kier alpha value is -2.18. The average molecular weight is 288 g/mol. The normalized spacial score (nSPS) is 18.9. The van der Waals surface area contributed by atoms with Crippen molar-refractivity contribution in [3.8, 4) is 0 Å². The third-order valence-electron chi connectivity index (χ3n) is 3.95. The maximum Gasteiger partial charge on any atom is 0.222 e. The van der Waals surface area contributed by atoms with Gasteiger partial charge in [0.25, 0.3) is 0 Å². The van der Waals surface area contributed by atoms with Crippen LogP contribution in [0, 0.1) is 0 Å². The lowest BCUT2D eigenvalue weighted by Gasteiger charge is -2.32. The minimum absolute atomic E-state index is 0.212. The number of aryl methyl sites for hydroxylation is 2. The molecular weight excluding hydrogens is 268 g/mol. The molecule has 0 unspecified atom stereocenters. The first-order valence-corrected chi connectivity index (χ1v) is 7.32. The van der Waals surface area contributed by atoms with E-state index in [1.807, 2.05) is 29.0 Å². The topological polar surface area (TPSA) is 68.8 Å². The number of aromatic nitrogens is 5. The van der Waals surface area contributed by atoms with E-state index >= 15 is 0 Å². The standard InChI is InChI=1S/C14H20N6O/c1-18-8-12(7-16-18)4-5-14(21)19-6-2-3-13(9-19)20-11-15-10-17-20/h7-8,10-11,13H,2-6,9H2,1H3/t13-/m0/s1. The third-order valence-corrected chi connectivity index (χ3v) is 3.95. The predicted octanol–water partition coefficient (Wildman–Crippen LogP) is 0.808. The van der Waals surface area contributed by atoms with Gasteiger partial charge in [-0.25, -0.2) is 9.67 Å². The smallest absolute Gasteiger partial charge is 0.222 e. The highest BCUT2D eigenvalue weighted by molar-refractivity contribution is 5.76. The molecule has 2 aromatic rings. The second-order valence-electron chi connectivity index (χ2n) is 5.53. The number of nitrogens with zero attached hydrogens (tertiary/aromatic N) is 6. The van der Waals surface area contributed by atoms with E-state index in [2.05, 4.69) is 15.2 Å². The number of carbonyl (C=O) groups excluding carboxylic acids is 1. The Labute approximate surface area is 123 Å². The second-order valence-corrected chi connectivity index (χ2v) is 5.53. The van der Waals surface area contributed by atoms with Crippen molar-refractivity contribution in [1.29, 1.82) is 0 Å². The zero-order valence-corrected chi connectivity index (χ0v) is 12.2. The lowest BCUT2D eigenvalue weighted by atomic mass is 10.0. The second kappa shape index (κ2) is 6.07. The Kier molecular flexibility index (Phi) is 3.98. The molecular formula is C14H20N6O. The number of piperidine rings is 1. The number of amides is 1. The van der Waals surface area contributed by atoms with Crippen molar-refractivity contribution in [1.82, 2.24) is 29.4 Å². The molecule has 1 aliphatic rings. The minimum Gasteiger partial charge on any atom is -0.341 e. The zero-order chi connectivity index (χ0) is 14.7. The van der Waals surface area contributed by atoms with Crippen molar-refractivity contribution < 1.29 is 4.79 Å². The highest BCUT2D eigenvalue weighted by Crippen LogP contribution is 2.21. The SMILES string of the molecule is Cn1cc(CCC(=O)N2CCC[C@H](n3cncn3)C2)cn1. The van der Waals surface area contributed by atoms with E-state index < -0.39 is 0 Å². The largest absolute Gasteiger partial charge is 0.341 e. The molecule has 7 nitrogen and oxygen atoms in total. The lowest BCUT2D eigenvalue weighted by molar-refractivity contribution is -0.132. The lowest BCUT2D eigenvalue weighted by Crippen LogP contribution is -2.40. The molecule has 0 radical (unpaired) electrons. The van der Waals surface area contributed by atoms with Crippen LogP contribution in [-0.4, -0.2) is 48.4 Å². The molecule has 3 heterocycles. The molecule has 0 bridgehead atoms. The van der Waals surface area contributed by atoms with Gasteiger partial charge in [-0.3, -0.25) is 9.48 Å². The quantitative estimate of drug-likeness (QED) is 0.835. The number of carbonyl (C=O) groups is 1. The fourth-order valence-electron chi connectivity index (χ4n) is 2.81. The van der Waals surface area contributed by atoms with Crippen molar-refractivity contribution in [3.05, 3.63) is 30.6 Å². The summed E-state index contributed by atoms with van der Waals surface area (Å²) in [6.07, 6.45) is 10.4. The van der Waals surface area contributed by atoms with Crippen LogP contribution in [0.5, 0.6) is 0 Å². The van der Waals surface area contributed by atoms with Gasteiger partial charge in [0.2, 0.25) is 5.91 Å². The first-order valence-electron chi connectivity index (χ1n) is 7.32. The molecule has 1 atom stereocenters. The third kappa shape index (κ3) is 3.29. The van der Waals surface area contributed by atoms with Crippen LogP contribution in [0.3, 0.4) is 0 Å². The molecule has 0 aliphatic carbocycles. The molecule has 0 spiro atoms. The van der Waals surface area contributed by atoms with Gasteiger partial charge >= 0.3 is 0 Å². The summed E-state index contributed by atoms with van der Waals surface area (Å²) >= 11 is 0. The van der Waals surface area contributed by atoms with Crippen LogP contribution in [0.25, 0.3) is 0 Å². The van der Waals surface area contributed by atoms with Crippen LogP contribution in [0.2, 0.25) is 0 Å². The summed E-state index contributed by atoms with van der Waals surface area (Å²) in [7, 11) is 1.89. The van der Waals surface area contributed by atoms with Gasteiger partial charge in [-0.1, -0.05) is 0 Å². The predicted molar refractivity (Wildman–Crippen MR) is 76.4 cm³/mol. The maximum absolute atomic E-state index is 12.3. The Morgan fingerprint density at radius 3 is 3.05 bits per heavy atom. The Morgan fingerprint density at radius 1 is 1.43 bits per heavy atom. The summed E-state index contributed by atoms with van der Waals surface area (Å²) in [6, 6.07) is 0.253. The molecule has 0 N–H and O–H groups in total. The van der Waals surface area contributed by atoms with Gasteiger partial charge in [0.1, 0.15) is 12.7 Å². The molecule has 3 rings (SSSR count). The van der Waals surface area contributed by atoms with E-state index in [0.29, 0.717) is 6.42 Å². The zero-order valence-electron chi connectivity index (χ0n) is 12.2. The van der Waals surface area contributed by atoms with E-state index in [-0.39, 0.29) is 11.9 Å². The average Bonchev–Trinajstić information content (AvgIpc) is 3.16. The Morgan fingerprint density at radius 2 is 2.33 bits per heavy atom. The van der Waals surface area contributed by atoms with E-state index in [0.717, 1.165) is 37.9 Å². The molecule has 7 heteroatoms. The van der Waals surface area contributed by atoms with E-state index in [1.165, 1.54) is 0 Å². The van der Waals surface area contributed by atoms with Crippen LogP contribution in [0.15, 0.2) is 25.0 Å². The van der Waals surface area contributed by atoms with Crippen LogP contribution in [0.4, 0.5) is 0 Å². The molecule has 0 saturated carbocycles. The van der Waals surface area contributed by atoms with Gasteiger partial charge in [0, 0.05) is 32.8 Å². The van der Waals surface area contributed by atoms with E-state index in [4.69, 9.17) is 0 Å². The Bertz CT molecular complexity index is 590.